The number of rotatable bonds is 0. The van der Waals surface area contributed by atoms with Crippen molar-refractivity contribution in [1.82, 2.24) is 0 Å². The zero-order chi connectivity index (χ0) is 6.97. The predicted molar refractivity (Wildman–Crippen MR) is 44.0 cm³/mol. The van der Waals surface area contributed by atoms with Gasteiger partial charge in [0.25, 0.3) is 0 Å². The van der Waals surface area contributed by atoms with Crippen LogP contribution in [0.25, 0.3) is 6.08 Å². The second-order valence-corrected chi connectivity index (χ2v) is 3.09. The Kier molecular flexibility index (Phi) is 2.78. The molecule has 2 heteroatoms. The van der Waals surface area contributed by atoms with Crippen LogP contribution in [-0.2, 0) is 0 Å². The molecule has 0 aromatic heterocycles. The van der Waals surface area contributed by atoms with Gasteiger partial charge in [0, 0.05) is 10.2 Å². The molecule has 1 atom stereocenters. The number of allylic oxidation sites excluding steroid dienone is 1. The molecule has 0 amide bonds. The van der Waals surface area contributed by atoms with E-state index < -0.39 is 0 Å². The molecule has 1 aromatic carbocycles. The van der Waals surface area contributed by atoms with Crippen molar-refractivity contribution in [3.05, 3.63) is 41.5 Å². The summed E-state index contributed by atoms with van der Waals surface area (Å²) in [6.45, 7) is 0. The van der Waals surface area contributed by atoms with Crippen LogP contribution in [0.15, 0.2) is 30.3 Å². The largest absolute Gasteiger partial charge is 1.00 e. The van der Waals surface area contributed by atoms with Crippen LogP contribution < -0.4 is 18.9 Å². The molecule has 1 aliphatic rings. The Labute approximate surface area is 82.3 Å². The van der Waals surface area contributed by atoms with E-state index in [1.54, 1.807) is 0 Å². The average molecular weight is 150 g/mol. The Hall–Kier alpha value is -0.226. The average Bonchev–Trinajstić information content (AvgIpc) is 2.34. The minimum atomic E-state index is 0. The maximum atomic E-state index is 3.60. The molecule has 0 saturated carbocycles. The van der Waals surface area contributed by atoms with Gasteiger partial charge in [-0.05, 0) is 16.7 Å². The van der Waals surface area contributed by atoms with Gasteiger partial charge < -0.3 is 0 Å². The van der Waals surface area contributed by atoms with E-state index in [-0.39, 0.29) is 18.9 Å². The van der Waals surface area contributed by atoms with Gasteiger partial charge in [-0.15, -0.1) is 0 Å². The van der Waals surface area contributed by atoms with Crippen molar-refractivity contribution in [3.8, 4) is 0 Å². The molecule has 0 aliphatic heterocycles. The fourth-order valence-corrected chi connectivity index (χ4v) is 1.61. The molecule has 1 aromatic rings. The zero-order valence-electron chi connectivity index (χ0n) is 6.54. The normalized spacial score (nSPS) is 19.2. The van der Waals surface area contributed by atoms with Gasteiger partial charge in [-0.3, -0.25) is 0 Å². The smallest absolute Gasteiger partial charge is 0.0800 e. The van der Waals surface area contributed by atoms with Crippen molar-refractivity contribution in [2.45, 2.75) is 5.54 Å². The molecule has 47 valence electrons. The van der Waals surface area contributed by atoms with E-state index in [9.17, 15) is 0 Å². The van der Waals surface area contributed by atoms with Crippen LogP contribution in [0.1, 0.15) is 16.7 Å². The van der Waals surface area contributed by atoms with Crippen molar-refractivity contribution in [2.75, 3.05) is 0 Å². The first-order chi connectivity index (χ1) is 4.88. The van der Waals surface area contributed by atoms with Gasteiger partial charge in [-0.25, -0.2) is 0 Å². The van der Waals surface area contributed by atoms with E-state index in [0.717, 1.165) is 0 Å². The molecule has 2 rings (SSSR count). The molecular weight excluding hydrogens is 143 g/mol. The van der Waals surface area contributed by atoms with E-state index in [2.05, 4.69) is 46.7 Å². The van der Waals surface area contributed by atoms with Crippen LogP contribution in [0.2, 0.25) is 0 Å². The summed E-state index contributed by atoms with van der Waals surface area (Å²) in [6.07, 6.45) is 4.30. The second kappa shape index (κ2) is 3.45. The monoisotopic (exact) mass is 150 g/mol. The Morgan fingerprint density at radius 2 is 1.91 bits per heavy atom. The molecule has 0 saturated heterocycles. The first-order valence-corrected chi connectivity index (χ1v) is 3.94. The van der Waals surface area contributed by atoms with E-state index in [1.807, 2.05) is 0 Å². The summed E-state index contributed by atoms with van der Waals surface area (Å²) >= 11 is 0. The van der Waals surface area contributed by atoms with Crippen molar-refractivity contribution in [2.24, 2.45) is 0 Å². The Balaban J connectivity index is 0.000000605. The van der Waals surface area contributed by atoms with Gasteiger partial charge in [-0.2, -0.15) is 0 Å². The molecule has 0 nitrogen and oxygen atoms in total. The number of hydrogen-bond donors (Lipinski definition) is 0. The van der Waals surface area contributed by atoms with E-state index in [4.69, 9.17) is 0 Å². The maximum absolute atomic E-state index is 3.60. The Bertz CT molecular complexity index is 281. The van der Waals surface area contributed by atoms with Crippen molar-refractivity contribution < 1.29 is 18.9 Å². The minimum Gasteiger partial charge on any atom is -0.0800 e. The van der Waals surface area contributed by atoms with Gasteiger partial charge in [0.15, 0.2) is 0 Å². The molecule has 0 fully saturated rings. The molecule has 1 aliphatic carbocycles. The number of benzene rings is 1. The summed E-state index contributed by atoms with van der Waals surface area (Å²) < 4.78 is 0. The maximum Gasteiger partial charge on any atom is 1.00 e. The Morgan fingerprint density at radius 1 is 1.18 bits per heavy atom. The summed E-state index contributed by atoms with van der Waals surface area (Å²) in [7, 11) is 3.60. The first kappa shape index (κ1) is 8.87. The van der Waals surface area contributed by atoms with Gasteiger partial charge in [0.2, 0.25) is 0 Å². The van der Waals surface area contributed by atoms with E-state index >= 15 is 0 Å². The van der Waals surface area contributed by atoms with Crippen molar-refractivity contribution in [3.63, 3.8) is 0 Å². The zero-order valence-corrected chi connectivity index (χ0v) is 7.54. The SMILES string of the molecule is [Li+].[Si]C1C=Cc2ccccc21. The van der Waals surface area contributed by atoms with Gasteiger partial charge in [-0.1, -0.05) is 36.4 Å². The minimum absolute atomic E-state index is 0. The van der Waals surface area contributed by atoms with Crippen LogP contribution in [0.3, 0.4) is 0 Å². The molecular formula is C9H7LiSi+. The van der Waals surface area contributed by atoms with Crippen LogP contribution in [0.5, 0.6) is 0 Å². The van der Waals surface area contributed by atoms with Crippen molar-refractivity contribution >= 4 is 16.3 Å². The predicted octanol–water partition coefficient (Wildman–Crippen LogP) is -1.07. The molecule has 0 bridgehead atoms. The van der Waals surface area contributed by atoms with Crippen LogP contribution in [0.4, 0.5) is 0 Å². The third-order valence-electron chi connectivity index (χ3n) is 1.80. The van der Waals surface area contributed by atoms with Crippen LogP contribution >= 0.6 is 0 Å². The fourth-order valence-electron chi connectivity index (χ4n) is 1.25. The molecule has 0 heterocycles. The number of fused-ring (bicyclic) bond motifs is 1. The van der Waals surface area contributed by atoms with Gasteiger partial charge in [0.1, 0.15) is 0 Å². The summed E-state index contributed by atoms with van der Waals surface area (Å²) in [4.78, 5) is 0. The van der Waals surface area contributed by atoms with Crippen LogP contribution in [-0.4, -0.2) is 10.2 Å². The fraction of sp³-hybridized carbons (Fsp3) is 0.111. The van der Waals surface area contributed by atoms with E-state index in [1.165, 1.54) is 11.1 Å². The number of hydrogen-bond acceptors (Lipinski definition) is 0. The van der Waals surface area contributed by atoms with E-state index in [0.29, 0.717) is 5.54 Å². The molecule has 11 heavy (non-hydrogen) atoms. The van der Waals surface area contributed by atoms with Gasteiger partial charge >= 0.3 is 18.9 Å². The molecule has 3 radical (unpaired) electrons. The van der Waals surface area contributed by atoms with Crippen LogP contribution in [0, 0.1) is 0 Å². The standard InChI is InChI=1S/C9H7Si.Li/c10-9-6-5-7-3-1-2-4-8(7)9;/h1-6,9H;/q;+1. The molecule has 1 unspecified atom stereocenters. The summed E-state index contributed by atoms with van der Waals surface area (Å²) in [5, 5.41) is 0. The summed E-state index contributed by atoms with van der Waals surface area (Å²) in [6, 6.07) is 8.41. The quantitative estimate of drug-likeness (QED) is 0.413. The van der Waals surface area contributed by atoms with Gasteiger partial charge in [0.05, 0.1) is 0 Å². The first-order valence-electron chi connectivity index (χ1n) is 3.36. The molecule has 0 N–H and O–H groups in total. The summed E-state index contributed by atoms with van der Waals surface area (Å²) in [5.41, 5.74) is 3.14. The van der Waals surface area contributed by atoms with Crippen molar-refractivity contribution in [1.29, 1.82) is 0 Å². The topological polar surface area (TPSA) is 0 Å². The Morgan fingerprint density at radius 3 is 2.64 bits per heavy atom. The third kappa shape index (κ3) is 1.51. The molecule has 0 spiro atoms. The summed E-state index contributed by atoms with van der Waals surface area (Å²) in [5.74, 6) is 0. The second-order valence-electron chi connectivity index (χ2n) is 2.47. The third-order valence-corrected chi connectivity index (χ3v) is 2.30.